The summed E-state index contributed by atoms with van der Waals surface area (Å²) in [5.74, 6) is 0. The van der Waals surface area contributed by atoms with Crippen molar-refractivity contribution in [3.05, 3.63) is 10.4 Å². The molecule has 0 fully saturated rings. The molecule has 5 heteroatoms. The Balaban J connectivity index is 3.31. The molecule has 0 aliphatic heterocycles. The molecule has 4 nitrogen and oxygen atoms in total. The lowest BCUT2D eigenvalue weighted by atomic mass is 13.0. The van der Waals surface area contributed by atoms with Crippen LogP contribution in [0.15, 0.2) is 4.78 Å². The van der Waals surface area contributed by atoms with E-state index < -0.39 is 9.57 Å². The van der Waals surface area contributed by atoms with Gasteiger partial charge in [0, 0.05) is 4.91 Å². The lowest BCUT2D eigenvalue weighted by Crippen LogP contribution is -1.49. The molecule has 0 saturated heterocycles. The van der Waals surface area contributed by atoms with Gasteiger partial charge in [0.05, 0.1) is 0 Å². The second-order valence-electron chi connectivity index (χ2n) is 0.310. The molecule has 0 amide bonds. The monoisotopic (exact) mass is 87.0 g/mol. The SMILES string of the molecule is [N-]=[N+]=N[SiH]=O. The largest absolute Gasteiger partial charge is 0.386 e. The fourth-order valence-electron chi connectivity index (χ4n) is 0.0211. The molecule has 5 heavy (non-hydrogen) atoms. The number of azide groups is 1. The predicted molar refractivity (Wildman–Crippen MR) is 17.0 cm³/mol. The van der Waals surface area contributed by atoms with Gasteiger partial charge in [-0.1, -0.05) is 4.78 Å². The molecule has 0 atom stereocenters. The van der Waals surface area contributed by atoms with Gasteiger partial charge in [-0.2, -0.15) is 0 Å². The molecule has 0 aliphatic carbocycles. The predicted octanol–water partition coefficient (Wildman–Crippen LogP) is -0.00630. The van der Waals surface area contributed by atoms with Crippen LogP contribution in [0.4, 0.5) is 0 Å². The molecule has 0 aliphatic rings. The number of hydrogen-bond donors (Lipinski definition) is 0. The smallest absolute Gasteiger partial charge is 0.358 e. The van der Waals surface area contributed by atoms with Gasteiger partial charge in [-0.3, -0.25) is 0 Å². The van der Waals surface area contributed by atoms with Gasteiger partial charge in [0.1, 0.15) is 0 Å². The third-order valence-corrected chi connectivity index (χ3v) is 0.296. The van der Waals surface area contributed by atoms with Crippen LogP contribution in [0.3, 0.4) is 0 Å². The van der Waals surface area contributed by atoms with Crippen molar-refractivity contribution in [2.75, 3.05) is 0 Å². The van der Waals surface area contributed by atoms with Gasteiger partial charge >= 0.3 is 9.57 Å². The summed E-state index contributed by atoms with van der Waals surface area (Å²) in [6.45, 7) is 0. The first kappa shape index (κ1) is 4.33. The fraction of sp³-hybridized carbons (Fsp3) is 0. The lowest BCUT2D eigenvalue weighted by Gasteiger charge is -1.37. The average molecular weight is 87.1 g/mol. The minimum Gasteiger partial charge on any atom is -0.386 e. The number of nitrogens with zero attached hydrogens (tertiary/aromatic N) is 3. The molecule has 0 N–H and O–H groups in total. The zero-order chi connectivity index (χ0) is 4.12. The highest BCUT2D eigenvalue weighted by molar-refractivity contribution is 6.13. The van der Waals surface area contributed by atoms with Gasteiger partial charge in [0.2, 0.25) is 0 Å². The summed E-state index contributed by atoms with van der Waals surface area (Å²) >= 11 is 0. The zero-order valence-corrected chi connectivity index (χ0v) is 3.48. The maximum Gasteiger partial charge on any atom is 0.358 e. The van der Waals surface area contributed by atoms with Crippen molar-refractivity contribution in [1.29, 1.82) is 0 Å². The van der Waals surface area contributed by atoms with E-state index in [4.69, 9.17) is 5.53 Å². The Labute approximate surface area is 30.4 Å². The second kappa shape index (κ2) is 3.33. The Hall–Kier alpha value is -0.673. The fourth-order valence-corrected chi connectivity index (χ4v) is 0.0632. The third-order valence-electron chi connectivity index (χ3n) is 0.0988. The van der Waals surface area contributed by atoms with Crippen LogP contribution in [0.2, 0.25) is 0 Å². The van der Waals surface area contributed by atoms with Gasteiger partial charge in [0.15, 0.2) is 0 Å². The number of rotatable bonds is 1. The molecule has 0 unspecified atom stereocenters. The van der Waals surface area contributed by atoms with Gasteiger partial charge in [-0.25, -0.2) is 0 Å². The lowest BCUT2D eigenvalue weighted by molar-refractivity contribution is 0.577. The van der Waals surface area contributed by atoms with Crippen molar-refractivity contribution in [2.45, 2.75) is 0 Å². The van der Waals surface area contributed by atoms with E-state index >= 15 is 0 Å². The van der Waals surface area contributed by atoms with Crippen LogP contribution < -0.4 is 0 Å². The summed E-state index contributed by atoms with van der Waals surface area (Å²) in [6.07, 6.45) is 0. The van der Waals surface area contributed by atoms with Crippen LogP contribution in [0, 0.1) is 0 Å². The van der Waals surface area contributed by atoms with E-state index in [0.29, 0.717) is 0 Å². The van der Waals surface area contributed by atoms with E-state index in [1.54, 1.807) is 0 Å². The molecule has 0 aromatic rings. The summed E-state index contributed by atoms with van der Waals surface area (Å²) < 4.78 is 11.9. The molecular formula is HN3OSi. The summed E-state index contributed by atoms with van der Waals surface area (Å²) in [6, 6.07) is 0. The van der Waals surface area contributed by atoms with E-state index in [0.717, 1.165) is 0 Å². The van der Waals surface area contributed by atoms with E-state index in [-0.39, 0.29) is 0 Å². The van der Waals surface area contributed by atoms with E-state index in [9.17, 15) is 4.46 Å². The molecule has 0 spiro atoms. The first-order valence-electron chi connectivity index (χ1n) is 0.894. The molecule has 0 heterocycles. The molecule has 0 rings (SSSR count). The Morgan fingerprint density at radius 2 is 2.60 bits per heavy atom. The molecule has 0 radical (unpaired) electrons. The highest BCUT2D eigenvalue weighted by atomic mass is 28.2. The van der Waals surface area contributed by atoms with Gasteiger partial charge in [-0.05, 0) is 5.53 Å². The van der Waals surface area contributed by atoms with E-state index in [1.165, 1.54) is 0 Å². The summed E-state index contributed by atoms with van der Waals surface area (Å²) in [5.41, 5.74) is 7.35. The zero-order valence-electron chi connectivity index (χ0n) is 2.33. The second-order valence-corrected chi connectivity index (χ2v) is 0.752. The Kier molecular flexibility index (Phi) is 2.88. The van der Waals surface area contributed by atoms with Gasteiger partial charge in [0.25, 0.3) is 0 Å². The van der Waals surface area contributed by atoms with Crippen LogP contribution in [0.25, 0.3) is 10.4 Å². The van der Waals surface area contributed by atoms with Crippen LogP contribution in [0.1, 0.15) is 0 Å². The summed E-state index contributed by atoms with van der Waals surface area (Å²) in [4.78, 5) is 2.20. The molecular weight excluding hydrogens is 86.1 g/mol. The Bertz CT molecular complexity index is 71.0. The van der Waals surface area contributed by atoms with Crippen LogP contribution in [-0.2, 0) is 4.46 Å². The molecule has 0 bridgehead atoms. The average Bonchev–Trinajstić information content (AvgIpc) is 1.41. The molecule has 26 valence electrons. The van der Waals surface area contributed by atoms with Crippen molar-refractivity contribution in [3.63, 3.8) is 0 Å². The third kappa shape index (κ3) is 3.33. The first-order chi connectivity index (χ1) is 2.41. The highest BCUT2D eigenvalue weighted by Crippen LogP contribution is 1.48. The Morgan fingerprint density at radius 3 is 2.60 bits per heavy atom. The van der Waals surface area contributed by atoms with Crippen molar-refractivity contribution < 1.29 is 4.46 Å². The maximum atomic E-state index is 9.19. The van der Waals surface area contributed by atoms with Crippen molar-refractivity contribution in [3.8, 4) is 0 Å². The molecule has 0 aromatic carbocycles. The summed E-state index contributed by atoms with van der Waals surface area (Å²) in [5, 5.41) is 0. The first-order valence-corrected chi connectivity index (χ1v) is 1.88. The maximum absolute atomic E-state index is 9.19. The summed E-state index contributed by atoms with van der Waals surface area (Å²) in [7, 11) is -1.26. The standard InChI is InChI=1S/HN3OSi/c1-2-3-5-4/h5H. The topological polar surface area (TPSA) is 65.8 Å². The van der Waals surface area contributed by atoms with E-state index in [1.807, 2.05) is 0 Å². The molecule has 0 aromatic heterocycles. The highest BCUT2D eigenvalue weighted by Gasteiger charge is 1.51. The van der Waals surface area contributed by atoms with Crippen molar-refractivity contribution >= 4 is 9.57 Å². The van der Waals surface area contributed by atoms with Crippen LogP contribution in [-0.4, -0.2) is 9.57 Å². The minimum absolute atomic E-state index is 1.26. The van der Waals surface area contributed by atoms with Gasteiger partial charge < -0.3 is 4.46 Å². The van der Waals surface area contributed by atoms with Crippen LogP contribution >= 0.6 is 0 Å². The van der Waals surface area contributed by atoms with Gasteiger partial charge in [-0.15, -0.1) is 0 Å². The van der Waals surface area contributed by atoms with Crippen LogP contribution in [0.5, 0.6) is 0 Å². The minimum atomic E-state index is -1.26. The van der Waals surface area contributed by atoms with Crippen molar-refractivity contribution in [1.82, 2.24) is 0 Å². The molecule has 0 saturated carbocycles. The Morgan fingerprint density at radius 1 is 2.00 bits per heavy atom. The quantitative estimate of drug-likeness (QED) is 0.192. The number of hydrogen-bond acceptors (Lipinski definition) is 1. The van der Waals surface area contributed by atoms with E-state index in [2.05, 4.69) is 9.69 Å². The van der Waals surface area contributed by atoms with Crippen molar-refractivity contribution in [2.24, 2.45) is 4.78 Å². The normalized spacial score (nSPS) is 4.80.